The molecule has 10 rings (SSSR count). The van der Waals surface area contributed by atoms with Gasteiger partial charge in [0.05, 0.1) is 0 Å². The summed E-state index contributed by atoms with van der Waals surface area (Å²) in [6.07, 6.45) is 5.87. The van der Waals surface area contributed by atoms with Crippen molar-refractivity contribution in [2.45, 2.75) is 33.1 Å². The summed E-state index contributed by atoms with van der Waals surface area (Å²) >= 11 is 0. The van der Waals surface area contributed by atoms with E-state index in [0.29, 0.717) is 11.5 Å². The molecule has 0 spiro atoms. The summed E-state index contributed by atoms with van der Waals surface area (Å²) < 4.78 is 11.1. The van der Waals surface area contributed by atoms with Crippen LogP contribution in [-0.2, 0) is 26.5 Å². The van der Waals surface area contributed by atoms with Gasteiger partial charge in [-0.25, -0.2) is 4.98 Å². The number of ether oxygens (including phenoxy) is 1. The van der Waals surface area contributed by atoms with Crippen LogP contribution < -0.4 is 15.0 Å². The molecule has 2 aliphatic rings. The number of imidazole rings is 1. The van der Waals surface area contributed by atoms with Crippen molar-refractivity contribution in [3.05, 3.63) is 150 Å². The fraction of sp³-hybridized carbons (Fsp3) is 0.136. The molecule has 1 aliphatic heterocycles. The second-order valence-electron chi connectivity index (χ2n) is 14.3. The summed E-state index contributed by atoms with van der Waals surface area (Å²) in [7, 11) is 2.14. The first kappa shape index (κ1) is 32.5. The van der Waals surface area contributed by atoms with E-state index in [1.54, 1.807) is 0 Å². The van der Waals surface area contributed by atoms with Gasteiger partial charge in [0.2, 0.25) is 0 Å². The van der Waals surface area contributed by atoms with Gasteiger partial charge >= 0.3 is 28.0 Å². The average Bonchev–Trinajstić information content (AvgIpc) is 3.81. The first-order valence-electron chi connectivity index (χ1n) is 17.4. The van der Waals surface area contributed by atoms with Gasteiger partial charge in [-0.1, -0.05) is 115 Å². The van der Waals surface area contributed by atoms with Gasteiger partial charge in [-0.3, -0.25) is 4.98 Å². The first-order chi connectivity index (χ1) is 24.8. The third-order valence-electron chi connectivity index (χ3n) is 11.1. The van der Waals surface area contributed by atoms with E-state index >= 15 is 0 Å². The number of hydrogen-bond donors (Lipinski definition) is 0. The molecule has 0 radical (unpaired) electrons. The van der Waals surface area contributed by atoms with Crippen LogP contribution in [0.3, 0.4) is 0 Å². The molecule has 0 saturated carbocycles. The number of rotatable bonds is 4. The Morgan fingerprint density at radius 1 is 0.731 bits per heavy atom. The number of nitrogens with zero attached hydrogens (tertiary/aromatic N) is 5. The summed E-state index contributed by atoms with van der Waals surface area (Å²) in [4.78, 5) is 12.2. The molecular weight excluding hydrogens is 820 g/mol. The van der Waals surface area contributed by atoms with Crippen molar-refractivity contribution < 1.29 is 25.8 Å². The Morgan fingerprint density at radius 3 is 2.33 bits per heavy atom. The summed E-state index contributed by atoms with van der Waals surface area (Å²) in [5.41, 5.74) is 12.6. The monoisotopic (exact) mass is 854 g/mol. The zero-order valence-electron chi connectivity index (χ0n) is 29.5. The molecule has 254 valence electrons. The van der Waals surface area contributed by atoms with E-state index < -0.39 is 0 Å². The van der Waals surface area contributed by atoms with Crippen LogP contribution in [0.5, 0.6) is 11.5 Å². The largest absolute Gasteiger partial charge is 2.00 e. The molecule has 0 unspecified atom stereocenters. The van der Waals surface area contributed by atoms with E-state index in [9.17, 15) is 0 Å². The van der Waals surface area contributed by atoms with Crippen LogP contribution in [0, 0.1) is 26.0 Å². The van der Waals surface area contributed by atoms with Crippen LogP contribution in [0.15, 0.2) is 116 Å². The number of aryl methyl sites for hydroxylation is 2. The van der Waals surface area contributed by atoms with Crippen LogP contribution in [0.25, 0.3) is 50.1 Å². The molecule has 8 aromatic rings. The van der Waals surface area contributed by atoms with E-state index in [-0.39, 0.29) is 33.5 Å². The Kier molecular flexibility index (Phi) is 7.40. The molecule has 0 amide bonds. The fourth-order valence-corrected chi connectivity index (χ4v) is 8.65. The number of hydrogen-bond acceptors (Lipinski definition) is 4. The van der Waals surface area contributed by atoms with Gasteiger partial charge < -0.3 is 18.6 Å². The van der Waals surface area contributed by atoms with E-state index in [2.05, 4.69) is 152 Å². The van der Waals surface area contributed by atoms with Gasteiger partial charge in [0, 0.05) is 52.4 Å². The molecule has 52 heavy (non-hydrogen) atoms. The summed E-state index contributed by atoms with van der Waals surface area (Å²) in [6, 6.07) is 41.4. The third kappa shape index (κ3) is 4.55. The third-order valence-corrected chi connectivity index (χ3v) is 11.1. The van der Waals surface area contributed by atoms with Crippen molar-refractivity contribution in [2.75, 3.05) is 11.9 Å². The smallest absolute Gasteiger partial charge is 0.503 e. The van der Waals surface area contributed by atoms with Crippen molar-refractivity contribution in [1.29, 1.82) is 0 Å². The second-order valence-corrected chi connectivity index (χ2v) is 14.3. The average molecular weight is 855 g/mol. The van der Waals surface area contributed by atoms with E-state index in [1.807, 2.05) is 24.5 Å². The van der Waals surface area contributed by atoms with Crippen LogP contribution in [0.4, 0.5) is 5.69 Å². The molecule has 6 nitrogen and oxygen atoms in total. The molecule has 5 aromatic carbocycles. The number of para-hydroxylation sites is 1. The van der Waals surface area contributed by atoms with E-state index in [1.165, 1.54) is 38.8 Å². The molecular formula is C44H34BN5OPt. The van der Waals surface area contributed by atoms with Crippen molar-refractivity contribution in [1.82, 2.24) is 19.0 Å². The van der Waals surface area contributed by atoms with Crippen molar-refractivity contribution in [3.63, 3.8) is 0 Å². The quantitative estimate of drug-likeness (QED) is 0.131. The van der Waals surface area contributed by atoms with Crippen LogP contribution in [0.1, 0.15) is 36.1 Å². The molecule has 0 bridgehead atoms. The molecule has 0 saturated heterocycles. The standard InChI is InChI=1S/C44H34BN5O.Pt/c1-27-11-10-12-28(2)41(27)45-48(5)37-20-18-29(25-34(37)42-47-23-24-49(42)45)51-30-17-19-32-31-13-7-9-16-38(31)50(39(32)26-30)43-40-33-14-6-8-15-35(33)44(3,4)36(40)21-22-46-43;/h6-24H,1-5H3;/q-2;+2. The predicted octanol–water partition coefficient (Wildman–Crippen LogP) is 9.05. The van der Waals surface area contributed by atoms with Gasteiger partial charge in [0.25, 0.3) is 0 Å². The SMILES string of the molecule is Cc1cccc(C)c1B1N(C)c2ccc(Oc3[c-]c4c(cc3)c3ccccc3n4-c3nccc4c3-c3ccccc3C4(C)C)[c-]c2-c2nccn21.[Pt+2]. The molecule has 0 atom stereocenters. The Hall–Kier alpha value is -5.39. The number of aromatic nitrogens is 4. The van der Waals surface area contributed by atoms with Gasteiger partial charge in [0.15, 0.2) is 0 Å². The number of anilines is 1. The predicted molar refractivity (Wildman–Crippen MR) is 207 cm³/mol. The second kappa shape index (κ2) is 11.8. The van der Waals surface area contributed by atoms with Gasteiger partial charge in [-0.2, -0.15) is 6.07 Å². The van der Waals surface area contributed by atoms with E-state index in [4.69, 9.17) is 14.7 Å². The minimum Gasteiger partial charge on any atom is -0.503 e. The van der Waals surface area contributed by atoms with E-state index in [0.717, 1.165) is 44.7 Å². The topological polar surface area (TPSA) is 48.1 Å². The first-order valence-corrected chi connectivity index (χ1v) is 17.4. The Labute approximate surface area is 318 Å². The maximum absolute atomic E-state index is 6.60. The zero-order chi connectivity index (χ0) is 34.6. The van der Waals surface area contributed by atoms with Gasteiger partial charge in [0.1, 0.15) is 5.82 Å². The van der Waals surface area contributed by atoms with Crippen molar-refractivity contribution >= 4 is 39.9 Å². The van der Waals surface area contributed by atoms with Crippen LogP contribution >= 0.6 is 0 Å². The Bertz CT molecular complexity index is 2710. The van der Waals surface area contributed by atoms with Gasteiger partial charge in [-0.05, 0) is 60.6 Å². The maximum Gasteiger partial charge on any atom is 2.00 e. The van der Waals surface area contributed by atoms with Crippen LogP contribution in [0.2, 0.25) is 0 Å². The van der Waals surface area contributed by atoms with Gasteiger partial charge in [-0.15, -0.1) is 23.6 Å². The molecule has 1 aliphatic carbocycles. The fourth-order valence-electron chi connectivity index (χ4n) is 8.65. The molecule has 8 heteroatoms. The maximum atomic E-state index is 6.60. The zero-order valence-corrected chi connectivity index (χ0v) is 31.8. The summed E-state index contributed by atoms with van der Waals surface area (Å²) in [5.74, 6) is 2.98. The molecule has 0 N–H and O–H groups in total. The minimum absolute atomic E-state index is 0. The molecule has 4 heterocycles. The normalized spacial score (nSPS) is 13.8. The number of fused-ring (bicyclic) bond motifs is 9. The minimum atomic E-state index is -0.135. The Balaban J connectivity index is 0.00000360. The summed E-state index contributed by atoms with van der Waals surface area (Å²) in [6.45, 7) is 8.95. The molecule has 3 aromatic heterocycles. The molecule has 0 fully saturated rings. The number of benzene rings is 5. The van der Waals surface area contributed by atoms with Crippen molar-refractivity contribution in [2.24, 2.45) is 0 Å². The number of pyridine rings is 1. The summed E-state index contributed by atoms with van der Waals surface area (Å²) in [5, 5.41) is 2.24. The Morgan fingerprint density at radius 2 is 1.48 bits per heavy atom. The van der Waals surface area contributed by atoms with Crippen LogP contribution in [-0.4, -0.2) is 33.0 Å². The van der Waals surface area contributed by atoms with Crippen molar-refractivity contribution in [3.8, 4) is 39.8 Å².